The highest BCUT2D eigenvalue weighted by Crippen LogP contribution is 2.40. The third-order valence-electron chi connectivity index (χ3n) is 5.24. The van der Waals surface area contributed by atoms with Crippen molar-refractivity contribution in [1.82, 2.24) is 0 Å². The first-order valence-electron chi connectivity index (χ1n) is 8.55. The van der Waals surface area contributed by atoms with Gasteiger partial charge in [0.1, 0.15) is 12.3 Å². The molecule has 24 heavy (non-hydrogen) atoms. The van der Waals surface area contributed by atoms with Crippen LogP contribution in [0.3, 0.4) is 0 Å². The van der Waals surface area contributed by atoms with Crippen LogP contribution in [0.1, 0.15) is 52.5 Å². The van der Waals surface area contributed by atoms with Crippen molar-refractivity contribution >= 4 is 23.2 Å². The quantitative estimate of drug-likeness (QED) is 0.872. The summed E-state index contributed by atoms with van der Waals surface area (Å²) in [5, 5.41) is 8.96. The highest BCUT2D eigenvalue weighted by Gasteiger charge is 2.42. The molecule has 1 aromatic carbocycles. The minimum atomic E-state index is -0.700. The summed E-state index contributed by atoms with van der Waals surface area (Å²) in [7, 11) is 0. The van der Waals surface area contributed by atoms with Crippen molar-refractivity contribution in [3.05, 3.63) is 29.8 Å². The van der Waals surface area contributed by atoms with Crippen LogP contribution >= 0.6 is 0 Å². The fourth-order valence-corrected chi connectivity index (χ4v) is 3.44. The Bertz CT molecular complexity index is 668. The van der Waals surface area contributed by atoms with Crippen LogP contribution in [0.2, 0.25) is 0 Å². The molecule has 0 spiro atoms. The van der Waals surface area contributed by atoms with Crippen molar-refractivity contribution in [2.45, 2.75) is 53.0 Å². The van der Waals surface area contributed by atoms with Crippen LogP contribution in [0.15, 0.2) is 29.3 Å². The van der Waals surface area contributed by atoms with Gasteiger partial charge in [0.05, 0.1) is 5.69 Å². The first kappa shape index (κ1) is 18.3. The van der Waals surface area contributed by atoms with Crippen LogP contribution in [-0.4, -0.2) is 35.3 Å². The number of hydrogen-bond acceptors (Lipinski definition) is 3. The molecule has 1 aliphatic heterocycles. The molecule has 2 unspecified atom stereocenters. The largest absolute Gasteiger partial charge is 0.386 e. The number of aliphatic hydroxyl groups excluding tert-OH is 1. The van der Waals surface area contributed by atoms with E-state index < -0.39 is 12.5 Å². The number of carbonyl (C=O) groups excluding carboxylic acids is 2. The topological polar surface area (TPSA) is 70.0 Å². The molecule has 1 aliphatic rings. The molecule has 0 fully saturated rings. The summed E-state index contributed by atoms with van der Waals surface area (Å²) in [5.74, 6) is -0.962. The summed E-state index contributed by atoms with van der Waals surface area (Å²) in [4.78, 5) is 30.1. The van der Waals surface area contributed by atoms with E-state index in [2.05, 4.69) is 32.7 Å². The molecular formula is C19H26N2O3. The van der Waals surface area contributed by atoms with Crippen LogP contribution in [0.5, 0.6) is 0 Å². The minimum Gasteiger partial charge on any atom is -0.386 e. The molecule has 2 atom stereocenters. The van der Waals surface area contributed by atoms with E-state index in [1.807, 2.05) is 18.2 Å². The van der Waals surface area contributed by atoms with Gasteiger partial charge >= 0.3 is 0 Å². The first-order chi connectivity index (χ1) is 11.4. The summed E-state index contributed by atoms with van der Waals surface area (Å²) < 4.78 is 0. The number of hydrogen-bond donors (Lipinski definition) is 1. The lowest BCUT2D eigenvalue weighted by Gasteiger charge is -2.40. The number of amides is 2. The molecule has 0 aromatic heterocycles. The monoisotopic (exact) mass is 330 g/mol. The van der Waals surface area contributed by atoms with E-state index in [1.165, 1.54) is 0 Å². The van der Waals surface area contributed by atoms with Crippen LogP contribution < -0.4 is 4.90 Å². The second kappa shape index (κ2) is 7.26. The van der Waals surface area contributed by atoms with Crippen molar-refractivity contribution in [1.29, 1.82) is 0 Å². The Morgan fingerprint density at radius 2 is 2.00 bits per heavy atom. The van der Waals surface area contributed by atoms with Crippen molar-refractivity contribution in [3.8, 4) is 0 Å². The van der Waals surface area contributed by atoms with Crippen LogP contribution in [0.4, 0.5) is 5.69 Å². The second-order valence-corrected chi connectivity index (χ2v) is 6.64. The first-order valence-corrected chi connectivity index (χ1v) is 8.55. The molecule has 0 saturated heterocycles. The number of aliphatic imine (C=N–C) groups is 1. The predicted molar refractivity (Wildman–Crippen MR) is 95.3 cm³/mol. The Morgan fingerprint density at radius 1 is 1.33 bits per heavy atom. The Kier molecular flexibility index (Phi) is 5.54. The molecular weight excluding hydrogens is 304 g/mol. The average molecular weight is 330 g/mol. The second-order valence-electron chi connectivity index (χ2n) is 6.64. The average Bonchev–Trinajstić information content (AvgIpc) is 2.86. The summed E-state index contributed by atoms with van der Waals surface area (Å²) in [6.45, 7) is 7.85. The van der Waals surface area contributed by atoms with Gasteiger partial charge in [-0.3, -0.25) is 9.59 Å². The van der Waals surface area contributed by atoms with Crippen LogP contribution in [0, 0.1) is 5.41 Å². The number of para-hydroxylation sites is 1. The number of carbonyl (C=O) groups is 2. The number of aliphatic hydroxyl groups is 1. The van der Waals surface area contributed by atoms with Gasteiger partial charge in [-0.2, -0.15) is 0 Å². The molecule has 1 N–H and O–H groups in total. The van der Waals surface area contributed by atoms with Gasteiger partial charge in [0.15, 0.2) is 0 Å². The lowest BCUT2D eigenvalue weighted by molar-refractivity contribution is -0.121. The Labute approximate surface area is 143 Å². The smallest absolute Gasteiger partial charge is 0.278 e. The number of anilines is 1. The molecule has 2 amide bonds. The molecule has 0 radical (unpaired) electrons. The normalized spacial score (nSPS) is 19.3. The van der Waals surface area contributed by atoms with Gasteiger partial charge in [-0.05, 0) is 31.2 Å². The molecule has 2 rings (SSSR count). The van der Waals surface area contributed by atoms with Crippen molar-refractivity contribution in [2.24, 2.45) is 10.4 Å². The van der Waals surface area contributed by atoms with E-state index in [-0.39, 0.29) is 23.1 Å². The lowest BCUT2D eigenvalue weighted by Crippen LogP contribution is -2.47. The number of rotatable bonds is 6. The van der Waals surface area contributed by atoms with Gasteiger partial charge in [-0.1, -0.05) is 45.4 Å². The summed E-state index contributed by atoms with van der Waals surface area (Å²) in [6, 6.07) is 7.37. The van der Waals surface area contributed by atoms with E-state index in [4.69, 9.17) is 5.11 Å². The van der Waals surface area contributed by atoms with Crippen LogP contribution in [-0.2, 0) is 9.59 Å². The fraction of sp³-hybridized carbons (Fsp3) is 0.526. The van der Waals surface area contributed by atoms with Crippen molar-refractivity contribution < 1.29 is 14.7 Å². The van der Waals surface area contributed by atoms with Crippen LogP contribution in [0.25, 0.3) is 0 Å². The van der Waals surface area contributed by atoms with Gasteiger partial charge in [0.2, 0.25) is 0 Å². The SMILES string of the molecule is CCCC(C)(CC)C(C)N1C(=O)/C(=N/C(=O)CO)c2ccccc21. The predicted octanol–water partition coefficient (Wildman–Crippen LogP) is 2.95. The van der Waals surface area contributed by atoms with Crippen molar-refractivity contribution in [3.63, 3.8) is 0 Å². The Morgan fingerprint density at radius 3 is 2.58 bits per heavy atom. The Hall–Kier alpha value is -2.01. The molecule has 130 valence electrons. The van der Waals surface area contributed by atoms with Gasteiger partial charge in [0, 0.05) is 11.6 Å². The minimum absolute atomic E-state index is 0.0199. The maximum absolute atomic E-state index is 13.0. The van der Waals surface area contributed by atoms with Gasteiger partial charge in [0.25, 0.3) is 11.8 Å². The van der Waals surface area contributed by atoms with E-state index in [9.17, 15) is 9.59 Å². The maximum Gasteiger partial charge on any atom is 0.278 e. The number of fused-ring (bicyclic) bond motifs is 1. The Balaban J connectivity index is 2.51. The van der Waals surface area contributed by atoms with Gasteiger partial charge in [-0.15, -0.1) is 0 Å². The summed E-state index contributed by atoms with van der Waals surface area (Å²) in [5.41, 5.74) is 1.56. The zero-order valence-corrected chi connectivity index (χ0v) is 14.9. The van der Waals surface area contributed by atoms with Gasteiger partial charge in [-0.25, -0.2) is 4.99 Å². The highest BCUT2D eigenvalue weighted by atomic mass is 16.3. The molecule has 0 bridgehead atoms. The van der Waals surface area contributed by atoms with Crippen molar-refractivity contribution in [2.75, 3.05) is 11.5 Å². The zero-order chi connectivity index (χ0) is 17.9. The fourth-order valence-electron chi connectivity index (χ4n) is 3.44. The highest BCUT2D eigenvalue weighted by molar-refractivity contribution is 6.55. The van der Waals surface area contributed by atoms with E-state index in [1.54, 1.807) is 11.0 Å². The zero-order valence-electron chi connectivity index (χ0n) is 14.9. The third kappa shape index (κ3) is 3.13. The standard InChI is InChI=1S/C19H26N2O3/c1-5-11-19(4,6-2)13(3)21-15-10-8-7-9-14(15)17(18(21)24)20-16(23)12-22/h7-10,13,22H,5-6,11-12H2,1-4H3/b20-17+. The lowest BCUT2D eigenvalue weighted by atomic mass is 9.76. The molecule has 0 saturated carbocycles. The third-order valence-corrected chi connectivity index (χ3v) is 5.24. The molecule has 0 aliphatic carbocycles. The molecule has 1 aromatic rings. The maximum atomic E-state index is 13.0. The number of nitrogens with zero attached hydrogens (tertiary/aromatic N) is 2. The summed E-state index contributed by atoms with van der Waals surface area (Å²) in [6.07, 6.45) is 3.01. The van der Waals surface area contributed by atoms with E-state index in [0.717, 1.165) is 24.9 Å². The molecule has 5 nitrogen and oxygen atoms in total. The molecule has 5 heteroatoms. The summed E-state index contributed by atoms with van der Waals surface area (Å²) >= 11 is 0. The van der Waals surface area contributed by atoms with Gasteiger partial charge < -0.3 is 10.0 Å². The molecule has 1 heterocycles. The number of benzene rings is 1. The van der Waals surface area contributed by atoms with E-state index in [0.29, 0.717) is 5.56 Å². The van der Waals surface area contributed by atoms with E-state index >= 15 is 0 Å².